The fourth-order valence-electron chi connectivity index (χ4n) is 4.41. The van der Waals surface area contributed by atoms with Crippen LogP contribution in [0.5, 0.6) is 0 Å². The summed E-state index contributed by atoms with van der Waals surface area (Å²) in [5, 5.41) is 5.33. The van der Waals surface area contributed by atoms with Gasteiger partial charge in [-0.2, -0.15) is 0 Å². The third-order valence-corrected chi connectivity index (χ3v) is 6.87. The lowest BCUT2D eigenvalue weighted by molar-refractivity contribution is -0.141. The molecule has 59 heavy (non-hydrogen) atoms. The van der Waals surface area contributed by atoms with E-state index < -0.39 is 24.1 Å². The molecule has 2 N–H and O–H groups in total. The van der Waals surface area contributed by atoms with Crippen LogP contribution in [0.15, 0.2) is 89.5 Å². The van der Waals surface area contributed by atoms with E-state index in [1.807, 2.05) is 65.0 Å². The first-order chi connectivity index (χ1) is 28.4. The van der Waals surface area contributed by atoms with Crippen molar-refractivity contribution in [3.05, 3.63) is 112 Å². The number of benzene rings is 3. The lowest BCUT2D eigenvalue weighted by Gasteiger charge is -2.12. The molecule has 0 unspecified atom stereocenters. The van der Waals surface area contributed by atoms with E-state index in [2.05, 4.69) is 10.6 Å². The zero-order chi connectivity index (χ0) is 44.4. The molecule has 2 amide bonds. The van der Waals surface area contributed by atoms with Crippen LogP contribution in [-0.4, -0.2) is 83.6 Å². The van der Waals surface area contributed by atoms with Gasteiger partial charge in [-0.15, -0.1) is 0 Å². The Kier molecular flexibility index (Phi) is 28.9. The maximum Gasteiger partial charge on any atom is 0.411 e. The number of aldehydes is 1. The summed E-state index contributed by atoms with van der Waals surface area (Å²) >= 11 is 0. The van der Waals surface area contributed by atoms with Crippen molar-refractivity contribution in [1.82, 2.24) is 0 Å². The normalized spacial score (nSPS) is 10.6. The van der Waals surface area contributed by atoms with Gasteiger partial charge in [0.25, 0.3) is 6.47 Å². The van der Waals surface area contributed by atoms with Gasteiger partial charge in [-0.25, -0.2) is 9.59 Å². The van der Waals surface area contributed by atoms with E-state index in [0.29, 0.717) is 29.0 Å². The van der Waals surface area contributed by atoms with E-state index in [4.69, 9.17) is 33.2 Å². The van der Waals surface area contributed by atoms with Gasteiger partial charge in [0, 0.05) is 43.5 Å². The summed E-state index contributed by atoms with van der Waals surface area (Å²) in [4.78, 5) is 67.2. The molecule has 14 heteroatoms. The number of ether oxygens (including phenoxy) is 6. The van der Waals surface area contributed by atoms with E-state index in [1.54, 1.807) is 67.8 Å². The van der Waals surface area contributed by atoms with E-state index >= 15 is 0 Å². The predicted octanol–water partition coefficient (Wildman–Crippen LogP) is 8.85. The first kappa shape index (κ1) is 52.5. The molecule has 0 heterocycles. The second-order valence-corrected chi connectivity index (χ2v) is 11.6. The van der Waals surface area contributed by atoms with Crippen LogP contribution < -0.4 is 10.6 Å². The van der Waals surface area contributed by atoms with E-state index in [1.165, 1.54) is 20.8 Å². The topological polar surface area (TPSA) is 182 Å². The molecule has 0 aliphatic heterocycles. The highest BCUT2D eigenvalue weighted by molar-refractivity contribution is 5.86. The van der Waals surface area contributed by atoms with Crippen LogP contribution in [-0.2, 0) is 47.6 Å². The maximum atomic E-state index is 12.7. The molecule has 0 fully saturated rings. The fraction of sp³-hybridized carbons (Fsp3) is 0.333. The van der Waals surface area contributed by atoms with Crippen molar-refractivity contribution in [2.75, 3.05) is 57.4 Å². The minimum atomic E-state index is -0.729. The fourth-order valence-corrected chi connectivity index (χ4v) is 4.41. The Labute approximate surface area is 347 Å². The molecule has 0 aromatic heterocycles. The number of aryl methyl sites for hydroxylation is 1. The van der Waals surface area contributed by atoms with Crippen molar-refractivity contribution in [2.45, 2.75) is 55.4 Å². The highest BCUT2D eigenvalue weighted by Gasteiger charge is 2.11. The number of nitrogens with one attached hydrogen (secondary N) is 2. The Morgan fingerprint density at radius 3 is 1.19 bits per heavy atom. The maximum absolute atomic E-state index is 12.7. The molecule has 0 saturated carbocycles. The van der Waals surface area contributed by atoms with Gasteiger partial charge < -0.3 is 33.2 Å². The standard InChI is InChI=1S/C39H42N2O11.C2H4O.2C2H6/c1-27-5-7-30(8-6-27)19-35(24-51-38(45)40-36-13-9-31(10-14-36)17-33(20-47-4)22-49-28(2)43)25-52-39(46)41-37-15-11-32(12-16-37)18-34(21-48-26-42)23-50-29(3)44;1-2-3;2*1-2/h5-19,26H,20-25H2,1-4H3,(H,40,45)(H,41,46);2H,1H3;2*1-2H3/b33-17-,34-18-,35-19+;;;. The van der Waals surface area contributed by atoms with Crippen LogP contribution in [0.4, 0.5) is 21.0 Å². The third-order valence-electron chi connectivity index (χ3n) is 6.87. The average Bonchev–Trinajstić information content (AvgIpc) is 3.23. The Morgan fingerprint density at radius 2 is 0.847 bits per heavy atom. The van der Waals surface area contributed by atoms with Gasteiger partial charge in [-0.3, -0.25) is 25.0 Å². The number of rotatable bonds is 18. The second kappa shape index (κ2) is 32.5. The molecule has 14 nitrogen and oxygen atoms in total. The molecule has 0 aliphatic carbocycles. The van der Waals surface area contributed by atoms with E-state index in [-0.39, 0.29) is 39.6 Å². The number of carbonyl (C=O) groups is 6. The molecule has 3 aromatic carbocycles. The largest absolute Gasteiger partial charge is 0.463 e. The average molecular weight is 819 g/mol. The smallest absolute Gasteiger partial charge is 0.411 e. The summed E-state index contributed by atoms with van der Waals surface area (Å²) in [5.41, 5.74) is 6.22. The van der Waals surface area contributed by atoms with Crippen molar-refractivity contribution in [2.24, 2.45) is 0 Å². The third kappa shape index (κ3) is 25.4. The van der Waals surface area contributed by atoms with Gasteiger partial charge in [0.15, 0.2) is 0 Å². The lowest BCUT2D eigenvalue weighted by atomic mass is 10.1. The van der Waals surface area contributed by atoms with Crippen LogP contribution in [0.1, 0.15) is 70.7 Å². The molecule has 0 radical (unpaired) electrons. The van der Waals surface area contributed by atoms with Gasteiger partial charge in [0.05, 0.1) is 6.61 Å². The Morgan fingerprint density at radius 1 is 0.525 bits per heavy atom. The summed E-state index contributed by atoms with van der Waals surface area (Å²) in [6.07, 6.45) is 4.62. The van der Waals surface area contributed by atoms with Crippen LogP contribution >= 0.6 is 0 Å². The van der Waals surface area contributed by atoms with Crippen LogP contribution in [0.2, 0.25) is 0 Å². The molecule has 0 atom stereocenters. The summed E-state index contributed by atoms with van der Waals surface area (Å²) in [6.45, 7) is 14.3. The summed E-state index contributed by atoms with van der Waals surface area (Å²) < 4.78 is 31.0. The second-order valence-electron chi connectivity index (χ2n) is 11.6. The molecule has 3 rings (SSSR count). The van der Waals surface area contributed by atoms with E-state index in [9.17, 15) is 24.0 Å². The van der Waals surface area contributed by atoms with Gasteiger partial charge in [-0.05, 0) is 72.5 Å². The highest BCUT2D eigenvalue weighted by Crippen LogP contribution is 2.17. The number of hydrogen-bond donors (Lipinski definition) is 2. The number of amides is 2. The number of hydrogen-bond acceptors (Lipinski definition) is 12. The molecular formula is C45H58N2O12. The van der Waals surface area contributed by atoms with Crippen LogP contribution in [0, 0.1) is 6.92 Å². The molecule has 0 saturated heterocycles. The summed E-state index contributed by atoms with van der Waals surface area (Å²) in [6, 6.07) is 21.4. The Balaban J connectivity index is 0.00000452. The van der Waals surface area contributed by atoms with Crippen molar-refractivity contribution in [3.8, 4) is 0 Å². The monoisotopic (exact) mass is 818 g/mol. The summed E-state index contributed by atoms with van der Waals surface area (Å²) in [7, 11) is 1.55. The molecule has 0 aliphatic rings. The summed E-state index contributed by atoms with van der Waals surface area (Å²) in [5.74, 6) is -0.858. The van der Waals surface area contributed by atoms with E-state index in [0.717, 1.165) is 34.1 Å². The van der Waals surface area contributed by atoms with Crippen molar-refractivity contribution < 1.29 is 57.2 Å². The molecular weight excluding hydrogens is 760 g/mol. The van der Waals surface area contributed by atoms with Gasteiger partial charge in [-0.1, -0.05) is 87.9 Å². The minimum absolute atomic E-state index is 0.0398. The quantitative estimate of drug-likeness (QED) is 0.0708. The molecule has 320 valence electrons. The van der Waals surface area contributed by atoms with Crippen molar-refractivity contribution >= 4 is 66.5 Å². The molecule has 3 aromatic rings. The highest BCUT2D eigenvalue weighted by atomic mass is 16.6. The predicted molar refractivity (Wildman–Crippen MR) is 230 cm³/mol. The first-order valence-electron chi connectivity index (χ1n) is 18.9. The number of carbonyl (C=O) groups excluding carboxylic acids is 6. The van der Waals surface area contributed by atoms with Crippen LogP contribution in [0.25, 0.3) is 18.2 Å². The zero-order valence-corrected chi connectivity index (χ0v) is 35.5. The number of esters is 2. The SMILES string of the molecule is CC.CC.CC=O.COC/C(=C/c1ccc(NC(=O)OC/C(=C\c2ccc(C)cc2)COC(=O)Nc2ccc(/C=C(/COC=O)COC(C)=O)cc2)cc1)COC(C)=O. The lowest BCUT2D eigenvalue weighted by Crippen LogP contribution is -2.19. The Bertz CT molecular complexity index is 1800. The number of methoxy groups -OCH3 is 1. The van der Waals surface area contributed by atoms with Crippen molar-refractivity contribution in [3.63, 3.8) is 0 Å². The molecule has 0 bridgehead atoms. The number of anilines is 2. The van der Waals surface area contributed by atoms with Gasteiger partial charge >= 0.3 is 24.1 Å². The Hall–Kier alpha value is -6.54. The van der Waals surface area contributed by atoms with Gasteiger partial charge in [0.2, 0.25) is 0 Å². The van der Waals surface area contributed by atoms with Gasteiger partial charge in [0.1, 0.15) is 39.3 Å². The van der Waals surface area contributed by atoms with Crippen molar-refractivity contribution in [1.29, 1.82) is 0 Å². The first-order valence-corrected chi connectivity index (χ1v) is 18.9. The minimum Gasteiger partial charge on any atom is -0.463 e. The molecule has 0 spiro atoms. The van der Waals surface area contributed by atoms with Crippen LogP contribution in [0.3, 0.4) is 0 Å². The zero-order valence-electron chi connectivity index (χ0n) is 35.5.